The van der Waals surface area contributed by atoms with Gasteiger partial charge in [0.15, 0.2) is 5.17 Å². The second-order valence-electron chi connectivity index (χ2n) is 4.98. The van der Waals surface area contributed by atoms with Gasteiger partial charge in [0.2, 0.25) is 0 Å². The maximum absolute atomic E-state index is 13.0. The fourth-order valence-corrected chi connectivity index (χ4v) is 4.34. The lowest BCUT2D eigenvalue weighted by atomic mass is 10.3. The lowest BCUT2D eigenvalue weighted by molar-refractivity contribution is -0.122. The highest BCUT2D eigenvalue weighted by atomic mass is 32.2. The summed E-state index contributed by atoms with van der Waals surface area (Å²) in [6, 6.07) is 7.71. The summed E-state index contributed by atoms with van der Waals surface area (Å²) in [6.07, 6.45) is 3.00. The average molecular weight is 380 g/mol. The van der Waals surface area contributed by atoms with E-state index in [2.05, 4.69) is 4.40 Å². The molecule has 1 aliphatic rings. The Bertz CT molecular complexity index is 949. The number of thioether (sulfide) groups is 1. The molecule has 1 amide bonds. The van der Waals surface area contributed by atoms with Crippen LogP contribution in [0.1, 0.15) is 12.7 Å². The normalized spacial score (nSPS) is 18.5. The number of hydrogen-bond acceptors (Lipinski definition) is 5. The van der Waals surface area contributed by atoms with Gasteiger partial charge in [0.05, 0.1) is 16.1 Å². The van der Waals surface area contributed by atoms with E-state index in [-0.39, 0.29) is 22.5 Å². The first-order valence-electron chi connectivity index (χ1n) is 7.26. The van der Waals surface area contributed by atoms with E-state index in [9.17, 15) is 17.6 Å². The molecule has 3 rings (SSSR count). The summed E-state index contributed by atoms with van der Waals surface area (Å²) in [4.78, 5) is 13.8. The monoisotopic (exact) mass is 380 g/mol. The molecule has 1 saturated heterocycles. The third kappa shape index (κ3) is 3.67. The average Bonchev–Trinajstić information content (AvgIpc) is 3.17. The molecule has 1 aromatic heterocycles. The highest BCUT2D eigenvalue weighted by Crippen LogP contribution is 2.33. The molecule has 1 fully saturated rings. The number of carbonyl (C=O) groups excluding carboxylic acids is 1. The van der Waals surface area contributed by atoms with E-state index >= 15 is 0 Å². The van der Waals surface area contributed by atoms with E-state index < -0.39 is 15.8 Å². The number of nitrogens with zero attached hydrogens (tertiary/aromatic N) is 2. The smallest absolute Gasteiger partial charge is 0.284 e. The second-order valence-corrected chi connectivity index (χ2v) is 7.59. The van der Waals surface area contributed by atoms with Gasteiger partial charge in [0.25, 0.3) is 15.9 Å². The van der Waals surface area contributed by atoms with Gasteiger partial charge < -0.3 is 4.42 Å². The Labute approximate surface area is 148 Å². The number of furan rings is 1. The molecule has 0 spiro atoms. The predicted molar refractivity (Wildman–Crippen MR) is 92.7 cm³/mol. The van der Waals surface area contributed by atoms with Crippen LogP contribution in [0.4, 0.5) is 4.39 Å². The Balaban J connectivity index is 1.96. The Kier molecular flexibility index (Phi) is 4.78. The molecular formula is C16H13FN2O4S2. The van der Waals surface area contributed by atoms with Crippen molar-refractivity contribution in [2.75, 3.05) is 6.54 Å². The standard InChI is InChI=1S/C16H13FN2O4S2/c1-2-19-15(20)14(10-12-4-3-9-23-12)24-16(19)18-25(21,22)13-7-5-11(17)6-8-13/h3-10H,2H2,1H3/b14-10-,18-16?. The third-order valence-electron chi connectivity index (χ3n) is 3.33. The SMILES string of the molecule is CCN1C(=O)/C(=C/c2ccco2)SC1=NS(=O)(=O)c1ccc(F)cc1. The van der Waals surface area contributed by atoms with E-state index in [0.717, 1.165) is 36.0 Å². The summed E-state index contributed by atoms with van der Waals surface area (Å²) in [5, 5.41) is 0.0506. The zero-order chi connectivity index (χ0) is 18.0. The Hall–Kier alpha value is -2.39. The van der Waals surface area contributed by atoms with Gasteiger partial charge >= 0.3 is 0 Å². The van der Waals surface area contributed by atoms with Crippen LogP contribution < -0.4 is 0 Å². The summed E-state index contributed by atoms with van der Waals surface area (Å²) < 4.78 is 46.7. The number of halogens is 1. The highest BCUT2D eigenvalue weighted by Gasteiger charge is 2.34. The van der Waals surface area contributed by atoms with Crippen molar-refractivity contribution in [3.63, 3.8) is 0 Å². The minimum atomic E-state index is -4.06. The molecule has 0 bridgehead atoms. The lowest BCUT2D eigenvalue weighted by Crippen LogP contribution is -2.29. The van der Waals surface area contributed by atoms with Gasteiger partial charge in [-0.3, -0.25) is 9.69 Å². The van der Waals surface area contributed by atoms with Crippen LogP contribution >= 0.6 is 11.8 Å². The molecular weight excluding hydrogens is 367 g/mol. The van der Waals surface area contributed by atoms with Crippen molar-refractivity contribution in [2.45, 2.75) is 11.8 Å². The maximum atomic E-state index is 13.0. The molecule has 9 heteroatoms. The van der Waals surface area contributed by atoms with Crippen molar-refractivity contribution in [2.24, 2.45) is 4.40 Å². The van der Waals surface area contributed by atoms with Crippen LogP contribution in [0.3, 0.4) is 0 Å². The van der Waals surface area contributed by atoms with Crippen molar-refractivity contribution in [1.29, 1.82) is 0 Å². The molecule has 0 atom stereocenters. The number of amidine groups is 1. The predicted octanol–water partition coefficient (Wildman–Crippen LogP) is 3.10. The molecule has 0 saturated carbocycles. The molecule has 2 heterocycles. The number of benzene rings is 1. The van der Waals surface area contributed by atoms with Gasteiger partial charge in [-0.15, -0.1) is 4.40 Å². The Morgan fingerprint density at radius 1 is 1.28 bits per heavy atom. The molecule has 0 radical (unpaired) electrons. The van der Waals surface area contributed by atoms with E-state index in [0.29, 0.717) is 10.7 Å². The summed E-state index contributed by atoms with van der Waals surface area (Å²) in [5.41, 5.74) is 0. The van der Waals surface area contributed by atoms with E-state index in [1.165, 1.54) is 17.2 Å². The first-order valence-corrected chi connectivity index (χ1v) is 9.52. The van der Waals surface area contributed by atoms with E-state index in [4.69, 9.17) is 4.42 Å². The topological polar surface area (TPSA) is 80.0 Å². The van der Waals surface area contributed by atoms with Crippen molar-refractivity contribution in [3.8, 4) is 0 Å². The number of rotatable bonds is 4. The van der Waals surface area contributed by atoms with Crippen molar-refractivity contribution >= 4 is 38.9 Å². The summed E-state index contributed by atoms with van der Waals surface area (Å²) in [7, 11) is -4.06. The molecule has 6 nitrogen and oxygen atoms in total. The van der Waals surface area contributed by atoms with Gasteiger partial charge in [-0.25, -0.2) is 4.39 Å². The van der Waals surface area contributed by atoms with Crippen LogP contribution in [0.2, 0.25) is 0 Å². The number of hydrogen-bond donors (Lipinski definition) is 0. The van der Waals surface area contributed by atoms with Gasteiger partial charge in [-0.05, 0) is 55.1 Å². The lowest BCUT2D eigenvalue weighted by Gasteiger charge is -2.11. The Morgan fingerprint density at radius 3 is 2.60 bits per heavy atom. The number of amides is 1. The van der Waals surface area contributed by atoms with Crippen LogP contribution in [-0.4, -0.2) is 30.9 Å². The highest BCUT2D eigenvalue weighted by molar-refractivity contribution is 8.19. The van der Waals surface area contributed by atoms with Crippen molar-refractivity contribution in [1.82, 2.24) is 4.90 Å². The number of carbonyl (C=O) groups is 1. The maximum Gasteiger partial charge on any atom is 0.284 e. The van der Waals surface area contributed by atoms with Crippen LogP contribution in [-0.2, 0) is 14.8 Å². The minimum absolute atomic E-state index is 0.0506. The van der Waals surface area contributed by atoms with Crippen LogP contribution in [0.15, 0.2) is 61.3 Å². The number of sulfonamides is 1. The largest absolute Gasteiger partial charge is 0.465 e. The summed E-state index contributed by atoms with van der Waals surface area (Å²) in [6.45, 7) is 1.98. The molecule has 130 valence electrons. The van der Waals surface area contributed by atoms with Crippen LogP contribution in [0.25, 0.3) is 6.08 Å². The van der Waals surface area contributed by atoms with Gasteiger partial charge in [0, 0.05) is 12.6 Å². The summed E-state index contributed by atoms with van der Waals surface area (Å²) in [5.74, 6) is -0.414. The van der Waals surface area contributed by atoms with Gasteiger partial charge in [-0.2, -0.15) is 8.42 Å². The molecule has 1 aromatic carbocycles. The quantitative estimate of drug-likeness (QED) is 0.762. The van der Waals surface area contributed by atoms with Crippen LogP contribution in [0.5, 0.6) is 0 Å². The van der Waals surface area contributed by atoms with Gasteiger partial charge in [-0.1, -0.05) is 0 Å². The number of likely N-dealkylation sites (N-methyl/N-ethyl adjacent to an activating group) is 1. The zero-order valence-corrected chi connectivity index (χ0v) is 14.7. The zero-order valence-electron chi connectivity index (χ0n) is 13.0. The Morgan fingerprint density at radius 2 is 2.00 bits per heavy atom. The fourth-order valence-electron chi connectivity index (χ4n) is 2.12. The van der Waals surface area contributed by atoms with Crippen molar-refractivity contribution in [3.05, 3.63) is 59.1 Å². The second kappa shape index (κ2) is 6.85. The summed E-state index contributed by atoms with van der Waals surface area (Å²) >= 11 is 0.949. The first-order chi connectivity index (χ1) is 11.9. The van der Waals surface area contributed by atoms with E-state index in [1.54, 1.807) is 19.1 Å². The molecule has 1 aliphatic heterocycles. The van der Waals surface area contributed by atoms with Gasteiger partial charge in [0.1, 0.15) is 11.6 Å². The molecule has 2 aromatic rings. The van der Waals surface area contributed by atoms with Crippen molar-refractivity contribution < 1.29 is 22.0 Å². The van der Waals surface area contributed by atoms with Crippen LogP contribution in [0, 0.1) is 5.82 Å². The molecule has 0 unspecified atom stereocenters. The first kappa shape index (κ1) is 17.4. The van der Waals surface area contributed by atoms with E-state index in [1.807, 2.05) is 0 Å². The molecule has 0 N–H and O–H groups in total. The molecule has 25 heavy (non-hydrogen) atoms. The fraction of sp³-hybridized carbons (Fsp3) is 0.125. The third-order valence-corrected chi connectivity index (χ3v) is 5.73. The molecule has 0 aliphatic carbocycles. The minimum Gasteiger partial charge on any atom is -0.465 e.